The molecule has 8 amide bonds. The van der Waals surface area contributed by atoms with Gasteiger partial charge in [-0.3, -0.25) is 58.7 Å². The lowest BCUT2D eigenvalue weighted by Crippen LogP contribution is -2.45. The third-order valence-corrected chi connectivity index (χ3v) is 20.9. The Bertz CT molecular complexity index is 1460. The van der Waals surface area contributed by atoms with Gasteiger partial charge in [-0.25, -0.2) is 0 Å². The Hall–Kier alpha value is -4.28. The van der Waals surface area contributed by atoms with Crippen LogP contribution in [-0.4, -0.2) is 47.3 Å². The summed E-state index contributed by atoms with van der Waals surface area (Å²) in [5, 5.41) is 22.3. The van der Waals surface area contributed by atoms with Crippen molar-refractivity contribution in [1.82, 2.24) is 40.7 Å². The van der Waals surface area contributed by atoms with Gasteiger partial charge >= 0.3 is 15.8 Å². The highest BCUT2D eigenvalue weighted by atomic mass is 32.1. The number of amides is 8. The van der Waals surface area contributed by atoms with Crippen molar-refractivity contribution in [3.05, 3.63) is 48.5 Å². The van der Waals surface area contributed by atoms with Crippen LogP contribution in [0.1, 0.15) is 55.4 Å². The van der Waals surface area contributed by atoms with Crippen LogP contribution in [-0.2, 0) is 38.4 Å². The lowest BCUT2D eigenvalue weighted by molar-refractivity contribution is -0.119. The summed E-state index contributed by atoms with van der Waals surface area (Å²) in [5.41, 5.74) is 0. The third kappa shape index (κ3) is 11.4. The Balaban J connectivity index is 3.04. The number of hydrogen-bond acceptors (Lipinski definition) is 9. The first-order valence-electron chi connectivity index (χ1n) is 14.3. The fourth-order valence-corrected chi connectivity index (χ4v) is 19.6. The quantitative estimate of drug-likeness (QED) is 0.131. The minimum Gasteiger partial charge on any atom is -0.449 e. The standard InChI is InChI=1S/C28H38N8O9P4/c1-17(37)29-46(30-18(2)38)48(33-21(5)41,34-22(6)42)27-15-11-9-13-25(27)45-26-14-10-12-16-28(26)49(35-23(7)43,36-24(8)44)47(31-19(3)39)32-20(4)40/h9-16H,1-8H3,(H6-2,29,30,31,32,33,34,35,36,37,38,39,40,41,42,43,44)/p+2. The number of nitrogens with one attached hydrogen (secondary N) is 8. The number of ether oxygens (including phenoxy) is 1. The second kappa shape index (κ2) is 17.9. The van der Waals surface area contributed by atoms with Crippen molar-refractivity contribution in [2.24, 2.45) is 0 Å². The average molecular weight is 757 g/mol. The molecule has 0 bridgehead atoms. The molecule has 0 radical (unpaired) electrons. The van der Waals surface area contributed by atoms with Crippen LogP contribution >= 0.6 is 30.3 Å². The molecule has 49 heavy (non-hydrogen) atoms. The van der Waals surface area contributed by atoms with E-state index in [1.807, 2.05) is 0 Å². The van der Waals surface area contributed by atoms with Gasteiger partial charge in [-0.15, -0.1) is 0 Å². The summed E-state index contributed by atoms with van der Waals surface area (Å²) in [6, 6.07) is 12.5. The molecule has 2 aromatic rings. The Morgan fingerprint density at radius 3 is 0.898 bits per heavy atom. The summed E-state index contributed by atoms with van der Waals surface area (Å²) in [7, 11) is -11.8. The highest BCUT2D eigenvalue weighted by Gasteiger charge is 2.59. The van der Waals surface area contributed by atoms with Gasteiger partial charge in [0.1, 0.15) is 0 Å². The van der Waals surface area contributed by atoms with Gasteiger partial charge < -0.3 is 4.74 Å². The van der Waals surface area contributed by atoms with Crippen LogP contribution < -0.4 is 56.0 Å². The normalized spacial score (nSPS) is 11.1. The molecule has 0 fully saturated rings. The third-order valence-electron chi connectivity index (χ3n) is 5.58. The monoisotopic (exact) mass is 756 g/mol. The van der Waals surface area contributed by atoms with E-state index in [9.17, 15) is 38.4 Å². The number of hydrogen-bond donors (Lipinski definition) is 8. The first-order chi connectivity index (χ1) is 22.8. The molecule has 0 spiro atoms. The Morgan fingerprint density at radius 1 is 0.429 bits per heavy atom. The number of para-hydroxylation sites is 2. The van der Waals surface area contributed by atoms with E-state index < -0.39 is 77.6 Å². The molecule has 8 N–H and O–H groups in total. The molecule has 0 atom stereocenters. The molecule has 264 valence electrons. The van der Waals surface area contributed by atoms with Crippen LogP contribution in [0.4, 0.5) is 0 Å². The van der Waals surface area contributed by atoms with Crippen LogP contribution in [0.2, 0.25) is 0 Å². The fourth-order valence-electron chi connectivity index (χ4n) is 4.32. The van der Waals surface area contributed by atoms with Crippen LogP contribution in [0.3, 0.4) is 0 Å². The summed E-state index contributed by atoms with van der Waals surface area (Å²) >= 11 is 0. The molecule has 0 aromatic heterocycles. The molecule has 0 aliphatic rings. The zero-order valence-corrected chi connectivity index (χ0v) is 31.7. The highest BCUT2D eigenvalue weighted by Crippen LogP contribution is 2.76. The van der Waals surface area contributed by atoms with Crippen LogP contribution in [0.15, 0.2) is 48.5 Å². The molecule has 0 saturated carbocycles. The molecule has 2 rings (SSSR count). The maximum atomic E-state index is 12.8. The van der Waals surface area contributed by atoms with Gasteiger partial charge in [0.05, 0.1) is 0 Å². The smallest absolute Gasteiger partial charge is 0.320 e. The second-order valence-corrected chi connectivity index (χ2v) is 22.8. The number of rotatable bonds is 14. The number of carbonyl (C=O) groups is 8. The van der Waals surface area contributed by atoms with Gasteiger partial charge in [-0.1, -0.05) is 24.3 Å². The highest BCUT2D eigenvalue weighted by molar-refractivity contribution is 8.40. The molecule has 0 saturated heterocycles. The van der Waals surface area contributed by atoms with Crippen molar-refractivity contribution in [2.45, 2.75) is 55.4 Å². The van der Waals surface area contributed by atoms with E-state index in [0.29, 0.717) is 0 Å². The van der Waals surface area contributed by atoms with E-state index in [0.717, 1.165) is 0 Å². The first kappa shape index (κ1) is 40.9. The Labute approximate surface area is 287 Å². The summed E-state index contributed by atoms with van der Waals surface area (Å²) in [5.74, 6) is -4.56. The number of benzene rings is 2. The molecule has 0 heterocycles. The van der Waals surface area contributed by atoms with Crippen molar-refractivity contribution in [2.75, 3.05) is 0 Å². The van der Waals surface area contributed by atoms with E-state index in [1.54, 1.807) is 36.4 Å². The van der Waals surface area contributed by atoms with Crippen molar-refractivity contribution in [3.63, 3.8) is 0 Å². The second-order valence-electron chi connectivity index (χ2n) is 10.3. The summed E-state index contributed by atoms with van der Waals surface area (Å²) in [4.78, 5) is 101. The van der Waals surface area contributed by atoms with Crippen molar-refractivity contribution in [1.29, 1.82) is 0 Å². The van der Waals surface area contributed by atoms with E-state index in [2.05, 4.69) is 40.7 Å². The minimum absolute atomic E-state index is 0.0427. The van der Waals surface area contributed by atoms with E-state index in [4.69, 9.17) is 4.74 Å². The SMILES string of the molecule is CC(=O)NP(NC(C)=O)[P+](NC(C)=O)(NC(C)=O)c1ccccc1Oc1ccccc1[P+](NC(C)=O)(NC(C)=O)P(NC(C)=O)NC(C)=O. The van der Waals surface area contributed by atoms with Gasteiger partial charge in [0.25, 0.3) is 38.1 Å². The average Bonchev–Trinajstić information content (AvgIpc) is 2.94. The van der Waals surface area contributed by atoms with Crippen LogP contribution in [0.25, 0.3) is 0 Å². The lowest BCUT2D eigenvalue weighted by atomic mass is 10.3. The van der Waals surface area contributed by atoms with Crippen LogP contribution in [0, 0.1) is 0 Å². The van der Waals surface area contributed by atoms with Crippen molar-refractivity contribution in [3.8, 4) is 11.5 Å². The summed E-state index contributed by atoms with van der Waals surface area (Å²) in [6.07, 6.45) is 0. The topological polar surface area (TPSA) is 242 Å². The van der Waals surface area contributed by atoms with E-state index >= 15 is 0 Å². The van der Waals surface area contributed by atoms with Crippen LogP contribution in [0.5, 0.6) is 11.5 Å². The maximum absolute atomic E-state index is 12.8. The molecule has 0 aliphatic heterocycles. The Kier molecular flexibility index (Phi) is 15.0. The predicted molar refractivity (Wildman–Crippen MR) is 190 cm³/mol. The molecule has 0 aliphatic carbocycles. The molecule has 17 nitrogen and oxygen atoms in total. The van der Waals surface area contributed by atoms with Gasteiger partial charge in [0, 0.05) is 55.4 Å². The maximum Gasteiger partial charge on any atom is 0.320 e. The Morgan fingerprint density at radius 2 is 0.673 bits per heavy atom. The van der Waals surface area contributed by atoms with Gasteiger partial charge in [-0.05, 0) is 24.3 Å². The zero-order valence-electron chi connectivity index (χ0n) is 28.1. The fraction of sp³-hybridized carbons (Fsp3) is 0.286. The molecular weight excluding hydrogens is 716 g/mol. The van der Waals surface area contributed by atoms with Gasteiger partial charge in [-0.2, -0.15) is 20.3 Å². The van der Waals surface area contributed by atoms with Gasteiger partial charge in [0.15, 0.2) is 22.1 Å². The zero-order chi connectivity index (χ0) is 37.1. The summed E-state index contributed by atoms with van der Waals surface area (Å²) in [6.45, 7) is 9.66. The van der Waals surface area contributed by atoms with Gasteiger partial charge in [0.2, 0.25) is 23.6 Å². The number of carbonyl (C=O) groups excluding carboxylic acids is 8. The van der Waals surface area contributed by atoms with E-state index in [1.165, 1.54) is 67.5 Å². The predicted octanol–water partition coefficient (Wildman–Crippen LogP) is 1.97. The molecular formula is C28H40N8O9P4+2. The minimum atomic E-state index is -3.67. The molecule has 0 unspecified atom stereocenters. The van der Waals surface area contributed by atoms with Crippen molar-refractivity contribution >= 4 is 88.2 Å². The van der Waals surface area contributed by atoms with E-state index in [-0.39, 0.29) is 22.1 Å². The largest absolute Gasteiger partial charge is 0.449 e. The van der Waals surface area contributed by atoms with Crippen molar-refractivity contribution < 1.29 is 43.1 Å². The lowest BCUT2D eigenvalue weighted by Gasteiger charge is -2.33. The summed E-state index contributed by atoms with van der Waals surface area (Å²) < 4.78 is 6.52. The first-order valence-corrected chi connectivity index (χ1v) is 22.0. The molecule has 2 aromatic carbocycles. The molecule has 21 heteroatoms.